The maximum Gasteiger partial charge on any atom is 0.227 e. The molecule has 2 unspecified atom stereocenters. The number of hydrogen-bond acceptors (Lipinski definition) is 5. The van der Waals surface area contributed by atoms with Crippen LogP contribution in [0, 0.1) is 11.3 Å². The van der Waals surface area contributed by atoms with Crippen LogP contribution in [0.4, 0.5) is 0 Å². The quantitative estimate of drug-likeness (QED) is 0.793. The molecule has 1 aromatic carbocycles. The molecule has 2 atom stereocenters. The molecule has 2 aliphatic rings. The average Bonchev–Trinajstić information content (AvgIpc) is 3.13. The fourth-order valence-corrected chi connectivity index (χ4v) is 4.34. The Labute approximate surface area is 159 Å². The van der Waals surface area contributed by atoms with Crippen LogP contribution < -0.4 is 5.32 Å². The summed E-state index contributed by atoms with van der Waals surface area (Å²) < 4.78 is 1.63. The van der Waals surface area contributed by atoms with Crippen molar-refractivity contribution in [2.24, 2.45) is 11.3 Å². The Balaban J connectivity index is 1.54. The summed E-state index contributed by atoms with van der Waals surface area (Å²) in [6.07, 6.45) is 6.63. The van der Waals surface area contributed by atoms with Gasteiger partial charge in [-0.25, -0.2) is 4.68 Å². The second-order valence-electron chi connectivity index (χ2n) is 7.67. The van der Waals surface area contributed by atoms with Crippen LogP contribution in [0.25, 0.3) is 5.69 Å². The molecule has 0 radical (unpaired) electrons. The SMILES string of the molecule is C=CCN(C(=O)C1CC12CCNCC2)C(C)c1cccc(-n2cnnn2)c1. The molecule has 1 amide bonds. The summed E-state index contributed by atoms with van der Waals surface area (Å²) in [5.74, 6) is 0.418. The van der Waals surface area contributed by atoms with Gasteiger partial charge in [0.25, 0.3) is 0 Å². The summed E-state index contributed by atoms with van der Waals surface area (Å²) in [5.41, 5.74) is 2.19. The summed E-state index contributed by atoms with van der Waals surface area (Å²) in [5, 5.41) is 14.7. The van der Waals surface area contributed by atoms with Crippen molar-refractivity contribution in [3.8, 4) is 5.69 Å². The van der Waals surface area contributed by atoms with Gasteiger partial charge in [0.2, 0.25) is 5.91 Å². The van der Waals surface area contributed by atoms with Crippen molar-refractivity contribution < 1.29 is 4.79 Å². The standard InChI is InChI=1S/C20H26N6O/c1-3-11-25(19(27)18-13-20(18)7-9-21-10-8-20)15(2)16-5-4-6-17(12-16)26-14-22-23-24-26/h3-6,12,14-15,18,21H,1,7-11,13H2,2H3. The Morgan fingerprint density at radius 1 is 1.48 bits per heavy atom. The van der Waals surface area contributed by atoms with Gasteiger partial charge in [0.1, 0.15) is 6.33 Å². The van der Waals surface area contributed by atoms with Gasteiger partial charge in [0, 0.05) is 12.5 Å². The number of rotatable bonds is 6. The molecule has 1 aliphatic carbocycles. The van der Waals surface area contributed by atoms with Crippen molar-refractivity contribution in [1.82, 2.24) is 30.4 Å². The zero-order valence-corrected chi connectivity index (χ0v) is 15.7. The second kappa shape index (κ2) is 7.23. The Kier molecular flexibility index (Phi) is 4.78. The van der Waals surface area contributed by atoms with Gasteiger partial charge in [-0.3, -0.25) is 4.79 Å². The third kappa shape index (κ3) is 3.39. The topological polar surface area (TPSA) is 75.9 Å². The molecule has 1 saturated heterocycles. The van der Waals surface area contributed by atoms with Gasteiger partial charge in [-0.15, -0.1) is 11.7 Å². The van der Waals surface area contributed by atoms with Crippen LogP contribution in [0.15, 0.2) is 43.2 Å². The number of nitrogens with zero attached hydrogens (tertiary/aromatic N) is 5. The molecule has 2 aromatic rings. The highest BCUT2D eigenvalue weighted by atomic mass is 16.2. The van der Waals surface area contributed by atoms with E-state index in [9.17, 15) is 4.79 Å². The molecule has 1 spiro atoms. The molecule has 1 saturated carbocycles. The molecule has 0 bridgehead atoms. The smallest absolute Gasteiger partial charge is 0.227 e. The highest BCUT2D eigenvalue weighted by molar-refractivity contribution is 5.83. The first-order valence-electron chi connectivity index (χ1n) is 9.60. The number of aromatic nitrogens is 4. The molecule has 27 heavy (non-hydrogen) atoms. The number of carbonyl (C=O) groups is 1. The number of piperidine rings is 1. The molecule has 2 fully saturated rings. The summed E-state index contributed by atoms with van der Waals surface area (Å²) in [6.45, 7) is 8.55. The zero-order valence-electron chi connectivity index (χ0n) is 15.7. The Bertz CT molecular complexity index is 812. The fraction of sp³-hybridized carbons (Fsp3) is 0.500. The summed E-state index contributed by atoms with van der Waals surface area (Å²) >= 11 is 0. The van der Waals surface area contributed by atoms with E-state index in [0.29, 0.717) is 6.54 Å². The number of benzene rings is 1. The number of nitrogens with one attached hydrogen (secondary N) is 1. The van der Waals surface area contributed by atoms with E-state index in [-0.39, 0.29) is 23.3 Å². The summed E-state index contributed by atoms with van der Waals surface area (Å²) in [6, 6.07) is 7.99. The van der Waals surface area contributed by atoms with E-state index in [0.717, 1.165) is 43.6 Å². The van der Waals surface area contributed by atoms with E-state index in [4.69, 9.17) is 0 Å². The largest absolute Gasteiger partial charge is 0.332 e. The van der Waals surface area contributed by atoms with Crippen LogP contribution in [0.1, 0.15) is 37.8 Å². The lowest BCUT2D eigenvalue weighted by Gasteiger charge is -2.31. The maximum atomic E-state index is 13.3. The van der Waals surface area contributed by atoms with Crippen molar-refractivity contribution in [1.29, 1.82) is 0 Å². The van der Waals surface area contributed by atoms with Crippen LogP contribution in [0.2, 0.25) is 0 Å². The molecular formula is C20H26N6O. The third-order valence-electron chi connectivity index (χ3n) is 6.13. The molecule has 142 valence electrons. The molecular weight excluding hydrogens is 340 g/mol. The lowest BCUT2D eigenvalue weighted by atomic mass is 9.91. The minimum atomic E-state index is -0.0358. The van der Waals surface area contributed by atoms with Crippen molar-refractivity contribution in [2.45, 2.75) is 32.2 Å². The van der Waals surface area contributed by atoms with E-state index in [2.05, 4.69) is 40.4 Å². The molecule has 2 heterocycles. The molecule has 4 rings (SSSR count). The minimum Gasteiger partial charge on any atom is -0.332 e. The van der Waals surface area contributed by atoms with Gasteiger partial charge in [-0.1, -0.05) is 18.2 Å². The monoisotopic (exact) mass is 366 g/mol. The van der Waals surface area contributed by atoms with E-state index in [1.807, 2.05) is 29.2 Å². The first-order valence-corrected chi connectivity index (χ1v) is 9.60. The van der Waals surface area contributed by atoms with E-state index in [1.54, 1.807) is 11.0 Å². The van der Waals surface area contributed by atoms with Crippen LogP contribution in [-0.4, -0.2) is 50.6 Å². The molecule has 1 aromatic heterocycles. The predicted octanol–water partition coefficient (Wildman–Crippen LogP) is 2.13. The van der Waals surface area contributed by atoms with Crippen LogP contribution in [-0.2, 0) is 4.79 Å². The van der Waals surface area contributed by atoms with Crippen LogP contribution in [0.3, 0.4) is 0 Å². The average molecular weight is 366 g/mol. The van der Waals surface area contributed by atoms with Crippen molar-refractivity contribution >= 4 is 5.91 Å². The van der Waals surface area contributed by atoms with Crippen molar-refractivity contribution in [3.63, 3.8) is 0 Å². The first-order chi connectivity index (χ1) is 13.1. The van der Waals surface area contributed by atoms with Gasteiger partial charge in [-0.05, 0) is 72.8 Å². The highest BCUT2D eigenvalue weighted by Gasteiger charge is 2.58. The van der Waals surface area contributed by atoms with Gasteiger partial charge in [-0.2, -0.15) is 0 Å². The number of tetrazole rings is 1. The van der Waals surface area contributed by atoms with Crippen LogP contribution in [0.5, 0.6) is 0 Å². The number of hydrogen-bond donors (Lipinski definition) is 1. The molecule has 7 nitrogen and oxygen atoms in total. The van der Waals surface area contributed by atoms with Crippen molar-refractivity contribution in [2.75, 3.05) is 19.6 Å². The summed E-state index contributed by atoms with van der Waals surface area (Å²) in [4.78, 5) is 15.3. The Hall–Kier alpha value is -2.54. The van der Waals surface area contributed by atoms with E-state index < -0.39 is 0 Å². The lowest BCUT2D eigenvalue weighted by Crippen LogP contribution is -2.38. The van der Waals surface area contributed by atoms with Gasteiger partial charge in [0.15, 0.2) is 0 Å². The van der Waals surface area contributed by atoms with Gasteiger partial charge < -0.3 is 10.2 Å². The van der Waals surface area contributed by atoms with Crippen LogP contribution >= 0.6 is 0 Å². The molecule has 1 N–H and O–H groups in total. The van der Waals surface area contributed by atoms with E-state index in [1.165, 1.54) is 0 Å². The van der Waals surface area contributed by atoms with Crippen molar-refractivity contribution in [3.05, 3.63) is 48.8 Å². The number of amides is 1. The molecule has 7 heteroatoms. The third-order valence-corrected chi connectivity index (χ3v) is 6.13. The fourth-order valence-electron chi connectivity index (χ4n) is 4.34. The Morgan fingerprint density at radius 3 is 3.00 bits per heavy atom. The lowest BCUT2D eigenvalue weighted by molar-refractivity contribution is -0.135. The molecule has 1 aliphatic heterocycles. The predicted molar refractivity (Wildman–Crippen MR) is 102 cm³/mol. The Morgan fingerprint density at radius 2 is 2.30 bits per heavy atom. The maximum absolute atomic E-state index is 13.3. The summed E-state index contributed by atoms with van der Waals surface area (Å²) in [7, 11) is 0. The highest BCUT2D eigenvalue weighted by Crippen LogP contribution is 2.59. The second-order valence-corrected chi connectivity index (χ2v) is 7.67. The zero-order chi connectivity index (χ0) is 18.9. The number of carbonyl (C=O) groups excluding carboxylic acids is 1. The normalized spacial score (nSPS) is 21.6. The van der Waals surface area contributed by atoms with E-state index >= 15 is 0 Å². The van der Waals surface area contributed by atoms with Gasteiger partial charge in [0.05, 0.1) is 11.7 Å². The minimum absolute atomic E-state index is 0.0358. The first kappa shape index (κ1) is 17.9. The van der Waals surface area contributed by atoms with Gasteiger partial charge >= 0.3 is 0 Å².